The number of hydrogen-bond donors (Lipinski definition) is 2. The van der Waals surface area contributed by atoms with E-state index in [1.54, 1.807) is 0 Å². The SMILES string of the molecule is Cc1cccc(CNc2ccc(NCc3cccc(C)c3)nc2)c1. The summed E-state index contributed by atoms with van der Waals surface area (Å²) in [6.07, 6.45) is 1.87. The average Bonchev–Trinajstić information content (AvgIpc) is 2.59. The molecule has 0 aliphatic heterocycles. The zero-order valence-electron chi connectivity index (χ0n) is 14.2. The molecule has 3 aromatic rings. The molecule has 3 heteroatoms. The summed E-state index contributed by atoms with van der Waals surface area (Å²) in [5.41, 5.74) is 6.12. The van der Waals surface area contributed by atoms with Crippen molar-refractivity contribution in [1.82, 2.24) is 4.98 Å². The van der Waals surface area contributed by atoms with Gasteiger partial charge in [0.2, 0.25) is 0 Å². The van der Waals surface area contributed by atoms with Crippen LogP contribution in [0.3, 0.4) is 0 Å². The summed E-state index contributed by atoms with van der Waals surface area (Å²) in [5.74, 6) is 0.887. The molecule has 1 heterocycles. The topological polar surface area (TPSA) is 37.0 Å². The van der Waals surface area contributed by atoms with Crippen molar-refractivity contribution in [3.05, 3.63) is 89.1 Å². The fraction of sp³-hybridized carbons (Fsp3) is 0.190. The van der Waals surface area contributed by atoms with Crippen LogP contribution >= 0.6 is 0 Å². The Bertz CT molecular complexity index is 726. The second kappa shape index (κ2) is 7.64. The van der Waals surface area contributed by atoms with E-state index in [-0.39, 0.29) is 0 Å². The molecule has 0 bridgehead atoms. The van der Waals surface area contributed by atoms with Crippen molar-refractivity contribution >= 4 is 11.5 Å². The van der Waals surface area contributed by atoms with Crippen LogP contribution in [0.2, 0.25) is 0 Å². The number of aryl methyl sites for hydroxylation is 2. The molecule has 0 aliphatic rings. The Hall–Kier alpha value is -2.81. The highest BCUT2D eigenvalue weighted by molar-refractivity contribution is 5.48. The fourth-order valence-corrected chi connectivity index (χ4v) is 2.64. The molecule has 24 heavy (non-hydrogen) atoms. The summed E-state index contributed by atoms with van der Waals surface area (Å²) >= 11 is 0. The van der Waals surface area contributed by atoms with Gasteiger partial charge in [0.05, 0.1) is 11.9 Å². The average molecular weight is 317 g/mol. The zero-order valence-corrected chi connectivity index (χ0v) is 14.2. The molecule has 0 atom stereocenters. The van der Waals surface area contributed by atoms with Gasteiger partial charge in [0.25, 0.3) is 0 Å². The van der Waals surface area contributed by atoms with Crippen molar-refractivity contribution in [1.29, 1.82) is 0 Å². The van der Waals surface area contributed by atoms with Crippen molar-refractivity contribution in [3.8, 4) is 0 Å². The molecule has 0 unspecified atom stereocenters. The molecule has 2 N–H and O–H groups in total. The third kappa shape index (κ3) is 4.59. The lowest BCUT2D eigenvalue weighted by Crippen LogP contribution is -2.03. The highest BCUT2D eigenvalue weighted by atomic mass is 15.0. The van der Waals surface area contributed by atoms with E-state index in [4.69, 9.17) is 0 Å². The van der Waals surface area contributed by atoms with Crippen molar-refractivity contribution in [2.75, 3.05) is 10.6 Å². The van der Waals surface area contributed by atoms with Gasteiger partial charge in [-0.1, -0.05) is 59.7 Å². The molecule has 0 spiro atoms. The summed E-state index contributed by atoms with van der Waals surface area (Å²) in [5, 5.41) is 6.76. The van der Waals surface area contributed by atoms with Gasteiger partial charge in [0.1, 0.15) is 5.82 Å². The van der Waals surface area contributed by atoms with E-state index in [2.05, 4.69) is 84.1 Å². The van der Waals surface area contributed by atoms with E-state index in [0.717, 1.165) is 24.6 Å². The number of nitrogens with one attached hydrogen (secondary N) is 2. The Labute approximate surface area is 143 Å². The maximum atomic E-state index is 4.47. The van der Waals surface area contributed by atoms with Crippen LogP contribution in [0.5, 0.6) is 0 Å². The molecule has 1 aromatic heterocycles. The van der Waals surface area contributed by atoms with Gasteiger partial charge in [-0.3, -0.25) is 0 Å². The second-order valence-corrected chi connectivity index (χ2v) is 6.12. The molecule has 0 radical (unpaired) electrons. The van der Waals surface area contributed by atoms with Crippen LogP contribution in [0.15, 0.2) is 66.9 Å². The Morgan fingerprint density at radius 3 is 1.92 bits per heavy atom. The van der Waals surface area contributed by atoms with Crippen molar-refractivity contribution < 1.29 is 0 Å². The van der Waals surface area contributed by atoms with Gasteiger partial charge < -0.3 is 10.6 Å². The lowest BCUT2D eigenvalue weighted by molar-refractivity contribution is 1.09. The van der Waals surface area contributed by atoms with Gasteiger partial charge in [0, 0.05) is 13.1 Å². The third-order valence-electron chi connectivity index (χ3n) is 3.90. The van der Waals surface area contributed by atoms with Crippen molar-refractivity contribution in [2.45, 2.75) is 26.9 Å². The van der Waals surface area contributed by atoms with Crippen molar-refractivity contribution in [3.63, 3.8) is 0 Å². The fourth-order valence-electron chi connectivity index (χ4n) is 2.64. The minimum Gasteiger partial charge on any atom is -0.380 e. The summed E-state index contributed by atoms with van der Waals surface area (Å²) < 4.78 is 0. The van der Waals surface area contributed by atoms with Crippen molar-refractivity contribution in [2.24, 2.45) is 0 Å². The minimum atomic E-state index is 0.782. The summed E-state index contributed by atoms with van der Waals surface area (Å²) in [7, 11) is 0. The molecule has 0 saturated carbocycles. The predicted molar refractivity (Wildman–Crippen MR) is 101 cm³/mol. The smallest absolute Gasteiger partial charge is 0.126 e. The minimum absolute atomic E-state index is 0.782. The van der Waals surface area contributed by atoms with Crippen LogP contribution in [0.25, 0.3) is 0 Å². The number of nitrogens with zero attached hydrogens (tertiary/aromatic N) is 1. The molecular formula is C21H23N3. The van der Waals surface area contributed by atoms with E-state index >= 15 is 0 Å². The number of hydrogen-bond acceptors (Lipinski definition) is 3. The molecular weight excluding hydrogens is 294 g/mol. The van der Waals surface area contributed by atoms with Gasteiger partial charge in [-0.25, -0.2) is 4.98 Å². The number of pyridine rings is 1. The van der Waals surface area contributed by atoms with Crippen LogP contribution in [0.1, 0.15) is 22.3 Å². The largest absolute Gasteiger partial charge is 0.380 e. The molecule has 3 rings (SSSR count). The highest BCUT2D eigenvalue weighted by Gasteiger charge is 1.98. The maximum Gasteiger partial charge on any atom is 0.126 e. The molecule has 0 aliphatic carbocycles. The van der Waals surface area contributed by atoms with Gasteiger partial charge in [0.15, 0.2) is 0 Å². The summed E-state index contributed by atoms with van der Waals surface area (Å²) in [6.45, 7) is 5.81. The van der Waals surface area contributed by atoms with Crippen LogP contribution in [0.4, 0.5) is 11.5 Å². The third-order valence-corrected chi connectivity index (χ3v) is 3.90. The van der Waals surface area contributed by atoms with E-state index in [0.29, 0.717) is 0 Å². The van der Waals surface area contributed by atoms with Crippen LogP contribution in [0, 0.1) is 13.8 Å². The second-order valence-electron chi connectivity index (χ2n) is 6.12. The monoisotopic (exact) mass is 317 g/mol. The zero-order chi connectivity index (χ0) is 16.8. The first-order valence-electron chi connectivity index (χ1n) is 8.24. The number of rotatable bonds is 6. The first-order valence-corrected chi connectivity index (χ1v) is 8.24. The van der Waals surface area contributed by atoms with E-state index in [9.17, 15) is 0 Å². The normalized spacial score (nSPS) is 10.4. The highest BCUT2D eigenvalue weighted by Crippen LogP contribution is 2.13. The number of benzene rings is 2. The molecule has 3 nitrogen and oxygen atoms in total. The Balaban J connectivity index is 1.53. The van der Waals surface area contributed by atoms with Gasteiger partial charge in [-0.15, -0.1) is 0 Å². The lowest BCUT2D eigenvalue weighted by atomic mass is 10.1. The van der Waals surface area contributed by atoms with Crippen LogP contribution < -0.4 is 10.6 Å². The predicted octanol–water partition coefficient (Wildman–Crippen LogP) is 4.92. The first kappa shape index (κ1) is 16.1. The summed E-state index contributed by atoms with van der Waals surface area (Å²) in [4.78, 5) is 4.47. The maximum absolute atomic E-state index is 4.47. The van der Waals surface area contributed by atoms with Crippen LogP contribution in [-0.2, 0) is 13.1 Å². The van der Waals surface area contributed by atoms with Gasteiger partial charge in [-0.2, -0.15) is 0 Å². The Kier molecular flexibility index (Phi) is 5.12. The first-order chi connectivity index (χ1) is 11.7. The van der Waals surface area contributed by atoms with E-state index in [1.807, 2.05) is 12.3 Å². The van der Waals surface area contributed by atoms with Gasteiger partial charge >= 0.3 is 0 Å². The Morgan fingerprint density at radius 2 is 1.38 bits per heavy atom. The molecule has 0 saturated heterocycles. The standard InChI is InChI=1S/C21H23N3/c1-16-5-3-7-18(11-16)13-22-20-9-10-21(24-15-20)23-14-19-8-4-6-17(2)12-19/h3-12,15,22H,13-14H2,1-2H3,(H,23,24). The quantitative estimate of drug-likeness (QED) is 0.677. The lowest BCUT2D eigenvalue weighted by Gasteiger charge is -2.09. The number of anilines is 2. The van der Waals surface area contributed by atoms with Gasteiger partial charge in [-0.05, 0) is 37.1 Å². The molecule has 0 fully saturated rings. The number of aromatic nitrogens is 1. The Morgan fingerprint density at radius 1 is 0.750 bits per heavy atom. The molecule has 122 valence electrons. The molecule has 2 aromatic carbocycles. The summed E-state index contributed by atoms with van der Waals surface area (Å²) in [6, 6.07) is 21.1. The van der Waals surface area contributed by atoms with E-state index in [1.165, 1.54) is 22.3 Å². The molecule has 0 amide bonds. The van der Waals surface area contributed by atoms with Crippen LogP contribution in [-0.4, -0.2) is 4.98 Å². The van der Waals surface area contributed by atoms with E-state index < -0.39 is 0 Å².